The highest BCUT2D eigenvalue weighted by atomic mass is 16.7. The van der Waals surface area contributed by atoms with Crippen LogP contribution in [-0.2, 0) is 11.3 Å². The van der Waals surface area contributed by atoms with Crippen molar-refractivity contribution in [3.8, 4) is 23.0 Å². The minimum atomic E-state index is -0.0765. The summed E-state index contributed by atoms with van der Waals surface area (Å²) in [5.41, 5.74) is 1.74. The number of carbonyl (C=O) groups excluding carboxylic acids is 1. The van der Waals surface area contributed by atoms with Crippen molar-refractivity contribution in [2.75, 3.05) is 25.7 Å². The molecule has 1 heterocycles. The van der Waals surface area contributed by atoms with Crippen molar-refractivity contribution < 1.29 is 23.9 Å². The molecule has 6 heteroatoms. The van der Waals surface area contributed by atoms with Crippen molar-refractivity contribution in [2.24, 2.45) is 0 Å². The van der Waals surface area contributed by atoms with Crippen LogP contribution < -0.4 is 24.4 Å². The molecule has 0 radical (unpaired) electrons. The van der Waals surface area contributed by atoms with E-state index in [4.69, 9.17) is 14.2 Å². The summed E-state index contributed by atoms with van der Waals surface area (Å²) in [4.78, 5) is 13.6. The summed E-state index contributed by atoms with van der Waals surface area (Å²) in [5, 5.41) is 2.96. The summed E-state index contributed by atoms with van der Waals surface area (Å²) in [6.07, 6.45) is 0. The van der Waals surface area contributed by atoms with Gasteiger partial charge in [-0.2, -0.15) is 0 Å². The quantitative estimate of drug-likeness (QED) is 0.650. The van der Waals surface area contributed by atoms with Crippen LogP contribution in [0.1, 0.15) is 5.56 Å². The van der Waals surface area contributed by atoms with E-state index >= 15 is 0 Å². The number of rotatable bonds is 7. The number of para-hydroxylation sites is 3. The molecule has 1 atom stereocenters. The molecule has 1 amide bonds. The molecule has 0 aromatic heterocycles. The Balaban J connectivity index is 1.36. The van der Waals surface area contributed by atoms with Crippen molar-refractivity contribution >= 4 is 11.6 Å². The second kappa shape index (κ2) is 8.67. The van der Waals surface area contributed by atoms with E-state index in [-0.39, 0.29) is 12.7 Å². The maximum absolute atomic E-state index is 12.6. The average molecular weight is 391 g/mol. The normalized spacial score (nSPS) is 13.0. The molecule has 1 aliphatic rings. The van der Waals surface area contributed by atoms with E-state index in [2.05, 4.69) is 5.32 Å². The topological polar surface area (TPSA) is 61.2 Å². The fourth-order valence-electron chi connectivity index (χ4n) is 3.20. The van der Waals surface area contributed by atoms with Gasteiger partial charge in [0.15, 0.2) is 23.8 Å². The van der Waals surface area contributed by atoms with Crippen molar-refractivity contribution in [1.82, 2.24) is 0 Å². The van der Waals surface area contributed by atoms with Gasteiger partial charge in [0.2, 0.25) is 6.79 Å². The Kier molecular flexibility index (Phi) is 5.63. The van der Waals surface area contributed by atoms with E-state index in [1.807, 2.05) is 79.8 Å². The van der Waals surface area contributed by atoms with Gasteiger partial charge >= 0.3 is 0 Å². The molecule has 4 rings (SSSR count). The van der Waals surface area contributed by atoms with E-state index in [0.717, 1.165) is 27.7 Å². The minimum Gasteiger partial charge on any atom is -0.455 e. The van der Waals surface area contributed by atoms with Gasteiger partial charge in [0, 0.05) is 5.56 Å². The first-order valence-corrected chi connectivity index (χ1v) is 9.49. The molecule has 29 heavy (non-hydrogen) atoms. The van der Waals surface area contributed by atoms with Gasteiger partial charge in [-0.25, -0.2) is 0 Å². The molecule has 3 aromatic rings. The highest BCUT2D eigenvalue weighted by Gasteiger charge is 2.17. The summed E-state index contributed by atoms with van der Waals surface area (Å²) >= 11 is 0. The van der Waals surface area contributed by atoms with Crippen LogP contribution in [0.5, 0.6) is 23.0 Å². The number of fused-ring (bicyclic) bond motifs is 1. The number of amides is 1. The number of hydrogen-bond donors (Lipinski definition) is 2. The molecule has 0 saturated carbocycles. The molecule has 3 aromatic carbocycles. The number of hydrogen-bond acceptors (Lipinski definition) is 4. The monoisotopic (exact) mass is 391 g/mol. The minimum absolute atomic E-state index is 0.0765. The number of nitrogens with one attached hydrogen (secondary N) is 2. The van der Waals surface area contributed by atoms with Crippen LogP contribution in [0, 0.1) is 0 Å². The lowest BCUT2D eigenvalue weighted by Crippen LogP contribution is -3.08. The molecule has 1 aliphatic heterocycles. The van der Waals surface area contributed by atoms with Crippen LogP contribution in [-0.4, -0.2) is 26.3 Å². The Morgan fingerprint density at radius 1 is 1.00 bits per heavy atom. The van der Waals surface area contributed by atoms with Gasteiger partial charge in [0.05, 0.1) is 12.7 Å². The highest BCUT2D eigenvalue weighted by molar-refractivity contribution is 5.93. The first-order chi connectivity index (χ1) is 14.2. The van der Waals surface area contributed by atoms with E-state index in [9.17, 15) is 4.79 Å². The van der Waals surface area contributed by atoms with Crippen molar-refractivity contribution in [3.63, 3.8) is 0 Å². The van der Waals surface area contributed by atoms with E-state index < -0.39 is 0 Å². The third kappa shape index (κ3) is 4.86. The van der Waals surface area contributed by atoms with Crippen molar-refractivity contribution in [1.29, 1.82) is 0 Å². The zero-order chi connectivity index (χ0) is 20.1. The van der Waals surface area contributed by atoms with Crippen molar-refractivity contribution in [3.05, 3.63) is 78.4 Å². The number of ether oxygens (including phenoxy) is 3. The van der Waals surface area contributed by atoms with Gasteiger partial charge in [-0.05, 0) is 42.5 Å². The zero-order valence-corrected chi connectivity index (χ0v) is 16.2. The van der Waals surface area contributed by atoms with Crippen LogP contribution in [0.15, 0.2) is 72.8 Å². The highest BCUT2D eigenvalue weighted by Crippen LogP contribution is 2.32. The Morgan fingerprint density at radius 3 is 2.62 bits per heavy atom. The Bertz CT molecular complexity index is 991. The van der Waals surface area contributed by atoms with Crippen LogP contribution in [0.3, 0.4) is 0 Å². The standard InChI is InChI=1S/C23H22N2O4/c1-25(14-17-11-12-21-22(13-17)28-16-27-21)15-23(26)24-19-9-5-6-10-20(19)29-18-7-3-2-4-8-18/h2-13H,14-16H2,1H3,(H,24,26)/p+1. The van der Waals surface area contributed by atoms with Crippen LogP contribution in [0.2, 0.25) is 0 Å². The van der Waals surface area contributed by atoms with Crippen LogP contribution in [0.4, 0.5) is 5.69 Å². The van der Waals surface area contributed by atoms with Gasteiger partial charge in [-0.1, -0.05) is 30.3 Å². The summed E-state index contributed by atoms with van der Waals surface area (Å²) < 4.78 is 16.7. The molecule has 148 valence electrons. The number of anilines is 1. The molecule has 0 spiro atoms. The molecule has 6 nitrogen and oxygen atoms in total. The van der Waals surface area contributed by atoms with Gasteiger partial charge in [0.1, 0.15) is 12.3 Å². The summed E-state index contributed by atoms with van der Waals surface area (Å²) in [6, 6.07) is 22.8. The van der Waals surface area contributed by atoms with E-state index in [1.165, 1.54) is 0 Å². The van der Waals surface area contributed by atoms with Gasteiger partial charge < -0.3 is 24.4 Å². The average Bonchev–Trinajstić information content (AvgIpc) is 3.18. The predicted octanol–water partition coefficient (Wildman–Crippen LogP) is 2.86. The predicted molar refractivity (Wildman–Crippen MR) is 110 cm³/mol. The molecular formula is C23H23N2O4+. The van der Waals surface area contributed by atoms with Crippen LogP contribution in [0.25, 0.3) is 0 Å². The maximum atomic E-state index is 12.6. The number of benzene rings is 3. The molecule has 0 bridgehead atoms. The second-order valence-corrected chi connectivity index (χ2v) is 6.96. The maximum Gasteiger partial charge on any atom is 0.279 e. The molecule has 2 N–H and O–H groups in total. The lowest BCUT2D eigenvalue weighted by atomic mass is 10.2. The van der Waals surface area contributed by atoms with E-state index in [0.29, 0.717) is 24.5 Å². The SMILES string of the molecule is C[NH+](CC(=O)Nc1ccccc1Oc1ccccc1)Cc1ccc2c(c1)OCO2. The number of quaternary nitrogens is 1. The Morgan fingerprint density at radius 2 is 1.76 bits per heavy atom. The smallest absolute Gasteiger partial charge is 0.279 e. The molecule has 1 unspecified atom stereocenters. The fourth-order valence-corrected chi connectivity index (χ4v) is 3.20. The third-order valence-corrected chi connectivity index (χ3v) is 4.54. The van der Waals surface area contributed by atoms with E-state index in [1.54, 1.807) is 0 Å². The Hall–Kier alpha value is -3.51. The number of carbonyl (C=O) groups is 1. The molecule has 0 fully saturated rings. The van der Waals surface area contributed by atoms with Gasteiger partial charge in [0.25, 0.3) is 5.91 Å². The molecule has 0 saturated heterocycles. The van der Waals surface area contributed by atoms with Gasteiger partial charge in [-0.3, -0.25) is 4.79 Å². The van der Waals surface area contributed by atoms with Crippen LogP contribution >= 0.6 is 0 Å². The van der Waals surface area contributed by atoms with Gasteiger partial charge in [-0.15, -0.1) is 0 Å². The first kappa shape index (κ1) is 18.8. The second-order valence-electron chi connectivity index (χ2n) is 6.96. The zero-order valence-electron chi connectivity index (χ0n) is 16.2. The summed E-state index contributed by atoms with van der Waals surface area (Å²) in [6.45, 7) is 1.29. The summed E-state index contributed by atoms with van der Waals surface area (Å²) in [5.74, 6) is 2.78. The molecular weight excluding hydrogens is 368 g/mol. The lowest BCUT2D eigenvalue weighted by Gasteiger charge is -2.16. The fraction of sp³-hybridized carbons (Fsp3) is 0.174. The third-order valence-electron chi connectivity index (χ3n) is 4.54. The molecule has 0 aliphatic carbocycles. The number of likely N-dealkylation sites (N-methyl/N-ethyl adjacent to an activating group) is 1. The Labute approximate surface area is 169 Å². The first-order valence-electron chi connectivity index (χ1n) is 9.49. The van der Waals surface area contributed by atoms with Crippen molar-refractivity contribution in [2.45, 2.75) is 6.54 Å². The lowest BCUT2D eigenvalue weighted by molar-refractivity contribution is -0.885. The largest absolute Gasteiger partial charge is 0.455 e. The summed E-state index contributed by atoms with van der Waals surface area (Å²) in [7, 11) is 1.98.